The van der Waals surface area contributed by atoms with Gasteiger partial charge in [0.15, 0.2) is 0 Å². The first kappa shape index (κ1) is 16.1. The van der Waals surface area contributed by atoms with Crippen molar-refractivity contribution in [1.82, 2.24) is 0 Å². The van der Waals surface area contributed by atoms with Crippen molar-refractivity contribution in [2.75, 3.05) is 24.4 Å². The monoisotopic (exact) mass is 279 g/mol. The minimum atomic E-state index is -0.246. The van der Waals surface area contributed by atoms with Crippen molar-refractivity contribution in [3.63, 3.8) is 0 Å². The molecule has 20 heavy (non-hydrogen) atoms. The smallest absolute Gasteiger partial charge is 0.250 e. The van der Waals surface area contributed by atoms with Crippen LogP contribution in [-0.2, 0) is 14.3 Å². The zero-order valence-corrected chi connectivity index (χ0v) is 11.8. The molecule has 0 saturated heterocycles. The fourth-order valence-corrected chi connectivity index (χ4v) is 1.60. The third kappa shape index (κ3) is 5.81. The summed E-state index contributed by atoms with van der Waals surface area (Å²) in [5.74, 6) is -0.385. The largest absolute Gasteiger partial charge is 0.375 e. The number of hydrogen-bond acceptors (Lipinski definition) is 4. The summed E-state index contributed by atoms with van der Waals surface area (Å²) < 4.78 is 4.73. The Morgan fingerprint density at radius 2 is 1.85 bits per heavy atom. The molecule has 0 heterocycles. The number of nitrogens with two attached hydrogens (primary N) is 1. The van der Waals surface area contributed by atoms with E-state index < -0.39 is 0 Å². The van der Waals surface area contributed by atoms with Gasteiger partial charge in [0.1, 0.15) is 6.61 Å². The van der Waals surface area contributed by atoms with E-state index in [0.717, 1.165) is 6.42 Å². The van der Waals surface area contributed by atoms with E-state index in [1.54, 1.807) is 24.3 Å². The second kappa shape index (κ2) is 8.29. The molecule has 1 rings (SSSR count). The molecule has 0 saturated carbocycles. The van der Waals surface area contributed by atoms with Gasteiger partial charge in [0.2, 0.25) is 11.8 Å². The Morgan fingerprint density at radius 1 is 1.25 bits per heavy atom. The number of amides is 2. The maximum atomic E-state index is 11.7. The summed E-state index contributed by atoms with van der Waals surface area (Å²) in [6, 6.07) is 6.78. The van der Waals surface area contributed by atoms with Crippen molar-refractivity contribution in [2.45, 2.75) is 25.8 Å². The van der Waals surface area contributed by atoms with Crippen LogP contribution in [0.25, 0.3) is 0 Å². The number of methoxy groups -OCH3 is 1. The number of nitrogens with one attached hydrogen (secondary N) is 2. The van der Waals surface area contributed by atoms with Crippen LogP contribution >= 0.6 is 0 Å². The Kier molecular flexibility index (Phi) is 6.69. The first-order valence-corrected chi connectivity index (χ1v) is 6.49. The van der Waals surface area contributed by atoms with Crippen molar-refractivity contribution in [3.8, 4) is 0 Å². The standard InChI is InChI=1S/C14H21N3O3/c1-3-10(15)7-13(18)16-11-5-4-6-12(8-11)17-14(19)9-20-2/h4-6,8,10H,3,7,9,15H2,1-2H3,(H,16,18)(H,17,19). The van der Waals surface area contributed by atoms with Gasteiger partial charge < -0.3 is 21.1 Å². The van der Waals surface area contributed by atoms with E-state index in [9.17, 15) is 9.59 Å². The van der Waals surface area contributed by atoms with Crippen LogP contribution in [0.4, 0.5) is 11.4 Å². The van der Waals surface area contributed by atoms with Gasteiger partial charge in [-0.05, 0) is 24.6 Å². The quantitative estimate of drug-likeness (QED) is 0.702. The lowest BCUT2D eigenvalue weighted by Crippen LogP contribution is -2.26. The molecular formula is C14H21N3O3. The Balaban J connectivity index is 2.59. The van der Waals surface area contributed by atoms with Gasteiger partial charge in [0.25, 0.3) is 0 Å². The molecule has 2 amide bonds. The number of benzene rings is 1. The molecule has 1 unspecified atom stereocenters. The van der Waals surface area contributed by atoms with Gasteiger partial charge in [-0.1, -0.05) is 13.0 Å². The second-order valence-electron chi connectivity index (χ2n) is 4.48. The minimum absolute atomic E-state index is 0.0120. The molecule has 4 N–H and O–H groups in total. The Bertz CT molecular complexity index is 463. The molecule has 6 heteroatoms. The summed E-state index contributed by atoms with van der Waals surface area (Å²) in [7, 11) is 1.45. The van der Waals surface area contributed by atoms with Gasteiger partial charge in [-0.25, -0.2) is 0 Å². The molecule has 1 aromatic rings. The number of ether oxygens (including phenoxy) is 1. The highest BCUT2D eigenvalue weighted by molar-refractivity contribution is 5.94. The summed E-state index contributed by atoms with van der Waals surface area (Å²) in [5.41, 5.74) is 6.95. The average Bonchev–Trinajstić information content (AvgIpc) is 2.38. The van der Waals surface area contributed by atoms with Crippen molar-refractivity contribution in [2.24, 2.45) is 5.73 Å². The molecule has 0 radical (unpaired) electrons. The van der Waals surface area contributed by atoms with Gasteiger partial charge in [0, 0.05) is 30.9 Å². The maximum Gasteiger partial charge on any atom is 0.250 e. The predicted molar refractivity (Wildman–Crippen MR) is 78.5 cm³/mol. The normalized spacial score (nSPS) is 11.8. The summed E-state index contributed by atoms with van der Waals surface area (Å²) in [4.78, 5) is 23.1. The molecule has 0 aliphatic rings. The third-order valence-corrected chi connectivity index (χ3v) is 2.68. The minimum Gasteiger partial charge on any atom is -0.375 e. The fraction of sp³-hybridized carbons (Fsp3) is 0.429. The fourth-order valence-electron chi connectivity index (χ4n) is 1.60. The number of carbonyl (C=O) groups is 2. The van der Waals surface area contributed by atoms with Crippen LogP contribution in [0.15, 0.2) is 24.3 Å². The molecular weight excluding hydrogens is 258 g/mol. The van der Waals surface area contributed by atoms with Crippen LogP contribution in [-0.4, -0.2) is 31.6 Å². The first-order valence-electron chi connectivity index (χ1n) is 6.49. The Morgan fingerprint density at radius 3 is 2.40 bits per heavy atom. The van der Waals surface area contributed by atoms with Crippen molar-refractivity contribution < 1.29 is 14.3 Å². The van der Waals surface area contributed by atoms with Crippen LogP contribution in [0.5, 0.6) is 0 Å². The zero-order chi connectivity index (χ0) is 15.0. The lowest BCUT2D eigenvalue weighted by atomic mass is 10.1. The third-order valence-electron chi connectivity index (χ3n) is 2.68. The van der Waals surface area contributed by atoms with Crippen LogP contribution in [0.3, 0.4) is 0 Å². The topological polar surface area (TPSA) is 93.5 Å². The lowest BCUT2D eigenvalue weighted by Gasteiger charge is -2.11. The van der Waals surface area contributed by atoms with Crippen LogP contribution in [0.1, 0.15) is 19.8 Å². The van der Waals surface area contributed by atoms with Crippen molar-refractivity contribution in [1.29, 1.82) is 0 Å². The van der Waals surface area contributed by atoms with E-state index in [4.69, 9.17) is 10.5 Å². The van der Waals surface area contributed by atoms with Crippen LogP contribution < -0.4 is 16.4 Å². The molecule has 0 aromatic heterocycles. The van der Waals surface area contributed by atoms with Crippen LogP contribution in [0.2, 0.25) is 0 Å². The van der Waals surface area contributed by atoms with Gasteiger partial charge in [0.05, 0.1) is 0 Å². The molecule has 0 spiro atoms. The zero-order valence-electron chi connectivity index (χ0n) is 11.8. The van der Waals surface area contributed by atoms with Crippen LogP contribution in [0, 0.1) is 0 Å². The Hall–Kier alpha value is -1.92. The molecule has 0 fully saturated rings. The predicted octanol–water partition coefficient (Wildman–Crippen LogP) is 1.34. The van der Waals surface area contributed by atoms with Gasteiger partial charge in [-0.2, -0.15) is 0 Å². The molecule has 1 atom stereocenters. The summed E-state index contributed by atoms with van der Waals surface area (Å²) >= 11 is 0. The van der Waals surface area contributed by atoms with E-state index in [-0.39, 0.29) is 30.9 Å². The molecule has 0 aliphatic carbocycles. The second-order valence-corrected chi connectivity index (χ2v) is 4.48. The van der Waals surface area contributed by atoms with Gasteiger partial charge in [-0.3, -0.25) is 9.59 Å². The van der Waals surface area contributed by atoms with E-state index in [1.165, 1.54) is 7.11 Å². The van der Waals surface area contributed by atoms with E-state index >= 15 is 0 Å². The van der Waals surface area contributed by atoms with E-state index in [1.807, 2.05) is 6.92 Å². The number of hydrogen-bond donors (Lipinski definition) is 3. The molecule has 1 aromatic carbocycles. The summed E-state index contributed by atoms with van der Waals surface area (Å²) in [6.07, 6.45) is 1.03. The van der Waals surface area contributed by atoms with Gasteiger partial charge in [-0.15, -0.1) is 0 Å². The highest BCUT2D eigenvalue weighted by Gasteiger charge is 2.08. The molecule has 0 aliphatic heterocycles. The maximum absolute atomic E-state index is 11.7. The van der Waals surface area contributed by atoms with E-state index in [0.29, 0.717) is 11.4 Å². The highest BCUT2D eigenvalue weighted by Crippen LogP contribution is 2.15. The average molecular weight is 279 g/mol. The SMILES string of the molecule is CCC(N)CC(=O)Nc1cccc(NC(=O)COC)c1. The molecule has 6 nitrogen and oxygen atoms in total. The highest BCUT2D eigenvalue weighted by atomic mass is 16.5. The first-order chi connectivity index (χ1) is 9.55. The molecule has 0 bridgehead atoms. The van der Waals surface area contributed by atoms with E-state index in [2.05, 4.69) is 10.6 Å². The number of anilines is 2. The summed E-state index contributed by atoms with van der Waals surface area (Å²) in [5, 5.41) is 5.42. The number of rotatable bonds is 7. The van der Waals surface area contributed by atoms with Crippen molar-refractivity contribution >= 4 is 23.2 Å². The summed E-state index contributed by atoms with van der Waals surface area (Å²) in [6.45, 7) is 1.92. The molecule has 110 valence electrons. The number of carbonyl (C=O) groups excluding carboxylic acids is 2. The van der Waals surface area contributed by atoms with Gasteiger partial charge >= 0.3 is 0 Å². The lowest BCUT2D eigenvalue weighted by molar-refractivity contribution is -0.119. The Labute approximate surface area is 118 Å². The van der Waals surface area contributed by atoms with Crippen molar-refractivity contribution in [3.05, 3.63) is 24.3 Å².